The minimum absolute atomic E-state index is 0.349. The topological polar surface area (TPSA) is 67.6 Å². The number of rotatable bonds is 1. The number of halogens is 2. The number of nitriles is 1. The zero-order chi connectivity index (χ0) is 14.3. The maximum Gasteiger partial charge on any atom is 0.206 e. The van der Waals surface area contributed by atoms with Crippen molar-refractivity contribution in [3.63, 3.8) is 0 Å². The Morgan fingerprint density at radius 2 is 2.00 bits per heavy atom. The Labute approximate surface area is 132 Å². The zero-order valence-corrected chi connectivity index (χ0v) is 13.3. The molecule has 0 aliphatic heterocycles. The molecule has 2 aromatic carbocycles. The molecular formula is C14H8Br2N4. The van der Waals surface area contributed by atoms with Crippen LogP contribution in [0.1, 0.15) is 5.56 Å². The van der Waals surface area contributed by atoms with Crippen LogP contribution in [0, 0.1) is 11.3 Å². The third kappa shape index (κ3) is 1.99. The number of hydrogen-bond acceptors (Lipinski definition) is 3. The first kappa shape index (κ1) is 13.2. The quantitative estimate of drug-likeness (QED) is 0.681. The van der Waals surface area contributed by atoms with E-state index in [9.17, 15) is 0 Å². The second kappa shape index (κ2) is 4.93. The fourth-order valence-corrected chi connectivity index (χ4v) is 2.89. The van der Waals surface area contributed by atoms with Gasteiger partial charge in [0.15, 0.2) is 0 Å². The maximum atomic E-state index is 9.15. The number of anilines is 1. The molecule has 0 aliphatic rings. The first-order valence-corrected chi connectivity index (χ1v) is 7.33. The molecule has 2 N–H and O–H groups in total. The second-order valence-corrected chi connectivity index (χ2v) is 5.96. The number of nitrogen functional groups attached to an aromatic ring is 1. The van der Waals surface area contributed by atoms with E-state index in [1.165, 1.54) is 0 Å². The van der Waals surface area contributed by atoms with Gasteiger partial charge in [-0.25, -0.2) is 4.98 Å². The number of nitrogens with zero attached hydrogens (tertiary/aromatic N) is 3. The third-order valence-electron chi connectivity index (χ3n) is 2.98. The Morgan fingerprint density at radius 1 is 1.20 bits per heavy atom. The standard InChI is InChI=1S/C14H8Br2N4/c15-9-4-5-10(16)12(6-9)20-11-3-1-2-8(7-17)13(11)19-14(20)18/h1-6H,(H2,18,19). The minimum atomic E-state index is 0.349. The van der Waals surface area contributed by atoms with Gasteiger partial charge in [-0.3, -0.25) is 4.57 Å². The number of imidazole rings is 1. The monoisotopic (exact) mass is 390 g/mol. The summed E-state index contributed by atoms with van der Waals surface area (Å²) in [5, 5.41) is 9.15. The summed E-state index contributed by atoms with van der Waals surface area (Å²) in [6, 6.07) is 13.4. The summed E-state index contributed by atoms with van der Waals surface area (Å²) >= 11 is 6.97. The smallest absolute Gasteiger partial charge is 0.206 e. The Bertz CT molecular complexity index is 861. The van der Waals surface area contributed by atoms with Crippen LogP contribution in [0.4, 0.5) is 5.95 Å². The van der Waals surface area contributed by atoms with Gasteiger partial charge in [0, 0.05) is 8.95 Å². The van der Waals surface area contributed by atoms with Crippen LogP contribution < -0.4 is 5.73 Å². The highest BCUT2D eigenvalue weighted by atomic mass is 79.9. The lowest BCUT2D eigenvalue weighted by molar-refractivity contribution is 1.10. The van der Waals surface area contributed by atoms with Crippen LogP contribution in [0.5, 0.6) is 0 Å². The van der Waals surface area contributed by atoms with Gasteiger partial charge in [-0.2, -0.15) is 5.26 Å². The molecule has 0 amide bonds. The van der Waals surface area contributed by atoms with Crippen LogP contribution in [0.25, 0.3) is 16.7 Å². The molecule has 6 heteroatoms. The SMILES string of the molecule is N#Cc1cccc2c1nc(N)n2-c1cc(Br)ccc1Br. The first-order valence-electron chi connectivity index (χ1n) is 5.74. The number of hydrogen-bond donors (Lipinski definition) is 1. The summed E-state index contributed by atoms with van der Waals surface area (Å²) < 4.78 is 3.66. The lowest BCUT2D eigenvalue weighted by Crippen LogP contribution is -2.01. The molecule has 1 heterocycles. The molecule has 0 radical (unpaired) electrons. The van der Waals surface area contributed by atoms with Gasteiger partial charge in [0.1, 0.15) is 11.6 Å². The Morgan fingerprint density at radius 3 is 2.75 bits per heavy atom. The first-order chi connectivity index (χ1) is 9.61. The van der Waals surface area contributed by atoms with Crippen molar-refractivity contribution in [2.24, 2.45) is 0 Å². The second-order valence-electron chi connectivity index (χ2n) is 4.19. The van der Waals surface area contributed by atoms with Crippen LogP contribution in [-0.2, 0) is 0 Å². The maximum absolute atomic E-state index is 9.15. The average Bonchev–Trinajstić information content (AvgIpc) is 2.77. The van der Waals surface area contributed by atoms with E-state index < -0.39 is 0 Å². The molecule has 4 nitrogen and oxygen atoms in total. The van der Waals surface area contributed by atoms with Crippen LogP contribution in [0.2, 0.25) is 0 Å². The van der Waals surface area contributed by atoms with Crippen molar-refractivity contribution in [2.45, 2.75) is 0 Å². The molecular weight excluding hydrogens is 384 g/mol. The number of para-hydroxylation sites is 1. The summed E-state index contributed by atoms with van der Waals surface area (Å²) in [5.41, 5.74) is 8.83. The highest BCUT2D eigenvalue weighted by Gasteiger charge is 2.14. The molecule has 0 saturated carbocycles. The minimum Gasteiger partial charge on any atom is -0.369 e. The van der Waals surface area contributed by atoms with Crippen molar-refractivity contribution >= 4 is 48.8 Å². The van der Waals surface area contributed by atoms with Crippen LogP contribution in [-0.4, -0.2) is 9.55 Å². The van der Waals surface area contributed by atoms with Gasteiger partial charge < -0.3 is 5.73 Å². The normalized spacial score (nSPS) is 10.7. The Kier molecular flexibility index (Phi) is 3.24. The molecule has 0 fully saturated rings. The van der Waals surface area contributed by atoms with Gasteiger partial charge in [0.2, 0.25) is 5.95 Å². The van der Waals surface area contributed by atoms with E-state index >= 15 is 0 Å². The van der Waals surface area contributed by atoms with E-state index in [1.807, 2.05) is 34.9 Å². The van der Waals surface area contributed by atoms with Crippen LogP contribution in [0.15, 0.2) is 45.3 Å². The van der Waals surface area contributed by atoms with E-state index in [0.29, 0.717) is 17.0 Å². The van der Waals surface area contributed by atoms with Crippen LogP contribution in [0.3, 0.4) is 0 Å². The number of aromatic nitrogens is 2. The van der Waals surface area contributed by atoms with Crippen molar-refractivity contribution < 1.29 is 0 Å². The third-order valence-corrected chi connectivity index (χ3v) is 4.14. The summed E-state index contributed by atoms with van der Waals surface area (Å²) in [7, 11) is 0. The average molecular weight is 392 g/mol. The number of benzene rings is 2. The molecule has 20 heavy (non-hydrogen) atoms. The summed E-state index contributed by atoms with van der Waals surface area (Å²) in [6.45, 7) is 0. The fourth-order valence-electron chi connectivity index (χ4n) is 2.12. The van der Waals surface area contributed by atoms with E-state index in [2.05, 4.69) is 42.9 Å². The van der Waals surface area contributed by atoms with Crippen molar-refractivity contribution in [3.05, 3.63) is 50.9 Å². The summed E-state index contributed by atoms with van der Waals surface area (Å²) in [6.07, 6.45) is 0. The fraction of sp³-hybridized carbons (Fsp3) is 0. The predicted octanol–water partition coefficient (Wildman–Crippen LogP) is 4.00. The van der Waals surface area contributed by atoms with Gasteiger partial charge in [0.25, 0.3) is 0 Å². The van der Waals surface area contributed by atoms with Gasteiger partial charge >= 0.3 is 0 Å². The molecule has 98 valence electrons. The molecule has 1 aromatic heterocycles. The molecule has 0 saturated heterocycles. The molecule has 0 aliphatic carbocycles. The Balaban J connectivity index is 2.40. The molecule has 0 atom stereocenters. The van der Waals surface area contributed by atoms with E-state index in [-0.39, 0.29) is 0 Å². The largest absolute Gasteiger partial charge is 0.369 e. The lowest BCUT2D eigenvalue weighted by atomic mass is 10.2. The predicted molar refractivity (Wildman–Crippen MR) is 85.6 cm³/mol. The van der Waals surface area contributed by atoms with E-state index in [4.69, 9.17) is 11.0 Å². The highest BCUT2D eigenvalue weighted by Crippen LogP contribution is 2.31. The molecule has 0 unspecified atom stereocenters. The van der Waals surface area contributed by atoms with Crippen molar-refractivity contribution in [2.75, 3.05) is 5.73 Å². The molecule has 0 bridgehead atoms. The molecule has 0 spiro atoms. The van der Waals surface area contributed by atoms with E-state index in [0.717, 1.165) is 20.1 Å². The summed E-state index contributed by atoms with van der Waals surface area (Å²) in [5.74, 6) is 0.349. The number of fused-ring (bicyclic) bond motifs is 1. The molecule has 3 rings (SSSR count). The van der Waals surface area contributed by atoms with Crippen molar-refractivity contribution in [1.29, 1.82) is 5.26 Å². The highest BCUT2D eigenvalue weighted by molar-refractivity contribution is 9.11. The van der Waals surface area contributed by atoms with Crippen LogP contribution >= 0.6 is 31.9 Å². The van der Waals surface area contributed by atoms with Gasteiger partial charge in [-0.05, 0) is 46.3 Å². The van der Waals surface area contributed by atoms with Crippen molar-refractivity contribution in [3.8, 4) is 11.8 Å². The lowest BCUT2D eigenvalue weighted by Gasteiger charge is -2.09. The molecule has 3 aromatic rings. The van der Waals surface area contributed by atoms with Gasteiger partial charge in [0.05, 0.1) is 16.8 Å². The van der Waals surface area contributed by atoms with Crippen molar-refractivity contribution in [1.82, 2.24) is 9.55 Å². The summed E-state index contributed by atoms with van der Waals surface area (Å²) in [4.78, 5) is 4.31. The van der Waals surface area contributed by atoms with Gasteiger partial charge in [-0.1, -0.05) is 22.0 Å². The number of nitrogens with two attached hydrogens (primary N) is 1. The zero-order valence-electron chi connectivity index (χ0n) is 10.1. The van der Waals surface area contributed by atoms with E-state index in [1.54, 1.807) is 6.07 Å². The Hall–Kier alpha value is -1.84. The van der Waals surface area contributed by atoms with Gasteiger partial charge in [-0.15, -0.1) is 0 Å².